The molecule has 2 unspecified atom stereocenters. The van der Waals surface area contributed by atoms with Gasteiger partial charge in [0.25, 0.3) is 0 Å². The Kier molecular flexibility index (Phi) is 5.48. The Morgan fingerprint density at radius 3 is 2.00 bits per heavy atom. The van der Waals surface area contributed by atoms with Crippen molar-refractivity contribution in [2.75, 3.05) is 19.8 Å². The third-order valence-electron chi connectivity index (χ3n) is 1.42. The van der Waals surface area contributed by atoms with Crippen LogP contribution < -0.4 is 0 Å². The zero-order valence-corrected chi connectivity index (χ0v) is 5.70. The molecule has 2 atom stereocenters. The average molecular weight is 152 g/mol. The quantitative estimate of drug-likeness (QED) is 0.488. The summed E-state index contributed by atoms with van der Waals surface area (Å²) in [6.07, 6.45) is -1.23. The van der Waals surface area contributed by atoms with E-state index in [0.717, 1.165) is 0 Å². The molecule has 0 aromatic rings. The Bertz CT molecular complexity index is 79.4. The molecule has 62 valence electrons. The molecule has 0 radical (unpaired) electrons. The van der Waals surface area contributed by atoms with Gasteiger partial charge in [0.05, 0.1) is 6.61 Å². The van der Waals surface area contributed by atoms with Crippen molar-refractivity contribution in [3.8, 4) is 0 Å². The predicted octanol–water partition coefficient (Wildman–Crippen LogP) is -0.692. The molecule has 0 aliphatic heterocycles. The maximum Gasteiger partial charge on any atom is 0.128 e. The Labute approximate surface area is 59.1 Å². The Balaban J connectivity index is 3.56. The summed E-state index contributed by atoms with van der Waals surface area (Å²) >= 11 is 0. The van der Waals surface area contributed by atoms with Crippen LogP contribution in [-0.2, 0) is 0 Å². The van der Waals surface area contributed by atoms with Crippen molar-refractivity contribution < 1.29 is 19.7 Å². The first kappa shape index (κ1) is 9.81. The highest BCUT2D eigenvalue weighted by Crippen LogP contribution is 2.10. The highest BCUT2D eigenvalue weighted by Gasteiger charge is 2.18. The van der Waals surface area contributed by atoms with Crippen molar-refractivity contribution in [1.29, 1.82) is 0 Å². The molecule has 0 amide bonds. The molecule has 10 heavy (non-hydrogen) atoms. The van der Waals surface area contributed by atoms with Gasteiger partial charge in [0.2, 0.25) is 0 Å². The van der Waals surface area contributed by atoms with E-state index < -0.39 is 18.7 Å². The number of halogens is 1. The van der Waals surface area contributed by atoms with Crippen LogP contribution in [0.1, 0.15) is 6.42 Å². The van der Waals surface area contributed by atoms with E-state index in [4.69, 9.17) is 15.3 Å². The fourth-order valence-electron chi connectivity index (χ4n) is 0.701. The first-order valence-electron chi connectivity index (χ1n) is 3.22. The van der Waals surface area contributed by atoms with Gasteiger partial charge in [-0.05, 0) is 6.42 Å². The summed E-state index contributed by atoms with van der Waals surface area (Å²) < 4.78 is 12.5. The van der Waals surface area contributed by atoms with Crippen molar-refractivity contribution in [1.82, 2.24) is 0 Å². The van der Waals surface area contributed by atoms with Crippen LogP contribution in [0.25, 0.3) is 0 Å². The lowest BCUT2D eigenvalue weighted by molar-refractivity contribution is 0.0700. The second kappa shape index (κ2) is 5.58. The molecule has 3 nitrogen and oxygen atoms in total. The van der Waals surface area contributed by atoms with Gasteiger partial charge in [-0.25, -0.2) is 4.39 Å². The summed E-state index contributed by atoms with van der Waals surface area (Å²) in [4.78, 5) is 0. The van der Waals surface area contributed by atoms with E-state index in [2.05, 4.69) is 0 Å². The van der Waals surface area contributed by atoms with Crippen LogP contribution in [0.5, 0.6) is 0 Å². The van der Waals surface area contributed by atoms with Crippen LogP contribution in [-0.4, -0.2) is 41.3 Å². The van der Waals surface area contributed by atoms with Crippen LogP contribution in [0.4, 0.5) is 4.39 Å². The van der Waals surface area contributed by atoms with Crippen molar-refractivity contribution in [2.24, 2.45) is 5.92 Å². The zero-order valence-electron chi connectivity index (χ0n) is 5.70. The molecule has 4 heteroatoms. The maximum atomic E-state index is 12.5. The van der Waals surface area contributed by atoms with E-state index in [1.54, 1.807) is 0 Å². The van der Waals surface area contributed by atoms with Crippen LogP contribution in [0.3, 0.4) is 0 Å². The number of aliphatic hydroxyl groups is 3. The lowest BCUT2D eigenvalue weighted by atomic mass is 10.0. The summed E-state index contributed by atoms with van der Waals surface area (Å²) in [5, 5.41) is 25.1. The SMILES string of the molecule is OCCC(CO)C(F)CO. The molecule has 0 spiro atoms. The molecule has 0 aromatic heterocycles. The molecule has 0 fully saturated rings. The molecule has 0 aliphatic rings. The molecule has 0 rings (SSSR count). The van der Waals surface area contributed by atoms with Gasteiger partial charge in [-0.15, -0.1) is 0 Å². The monoisotopic (exact) mass is 152 g/mol. The number of rotatable bonds is 5. The number of alkyl halides is 1. The largest absolute Gasteiger partial charge is 0.396 e. The zero-order chi connectivity index (χ0) is 7.98. The smallest absolute Gasteiger partial charge is 0.128 e. The average Bonchev–Trinajstić information content (AvgIpc) is 1.99. The van der Waals surface area contributed by atoms with Crippen molar-refractivity contribution in [3.05, 3.63) is 0 Å². The third kappa shape index (κ3) is 3.10. The topological polar surface area (TPSA) is 60.7 Å². The minimum atomic E-state index is -1.42. The van der Waals surface area contributed by atoms with Gasteiger partial charge >= 0.3 is 0 Å². The van der Waals surface area contributed by atoms with Gasteiger partial charge in [0.1, 0.15) is 6.17 Å². The van der Waals surface area contributed by atoms with E-state index in [-0.39, 0.29) is 19.6 Å². The second-order valence-corrected chi connectivity index (χ2v) is 2.15. The van der Waals surface area contributed by atoms with Gasteiger partial charge in [0, 0.05) is 19.1 Å². The summed E-state index contributed by atoms with van der Waals surface area (Å²) in [7, 11) is 0. The predicted molar refractivity (Wildman–Crippen MR) is 34.3 cm³/mol. The lowest BCUT2D eigenvalue weighted by Crippen LogP contribution is -2.24. The van der Waals surface area contributed by atoms with Gasteiger partial charge in [-0.3, -0.25) is 0 Å². The lowest BCUT2D eigenvalue weighted by Gasteiger charge is -2.14. The molecule has 3 N–H and O–H groups in total. The number of hydrogen-bond acceptors (Lipinski definition) is 3. The Morgan fingerprint density at radius 2 is 1.70 bits per heavy atom. The van der Waals surface area contributed by atoms with Crippen LogP contribution in [0, 0.1) is 5.92 Å². The molecular formula is C6H13FO3. The number of hydrogen-bond donors (Lipinski definition) is 3. The second-order valence-electron chi connectivity index (χ2n) is 2.15. The van der Waals surface area contributed by atoms with Crippen LogP contribution in [0.15, 0.2) is 0 Å². The van der Waals surface area contributed by atoms with E-state index in [1.165, 1.54) is 0 Å². The molecule has 0 saturated heterocycles. The van der Waals surface area contributed by atoms with E-state index in [1.807, 2.05) is 0 Å². The molecule has 0 bridgehead atoms. The fraction of sp³-hybridized carbons (Fsp3) is 1.00. The molecule has 0 aromatic carbocycles. The van der Waals surface area contributed by atoms with E-state index in [0.29, 0.717) is 0 Å². The highest BCUT2D eigenvalue weighted by molar-refractivity contribution is 4.66. The molecule has 0 heterocycles. The highest BCUT2D eigenvalue weighted by atomic mass is 19.1. The molecule has 0 saturated carbocycles. The van der Waals surface area contributed by atoms with Gasteiger partial charge in [0.15, 0.2) is 0 Å². The normalized spacial score (nSPS) is 16.8. The van der Waals surface area contributed by atoms with E-state index in [9.17, 15) is 4.39 Å². The van der Waals surface area contributed by atoms with Crippen LogP contribution in [0.2, 0.25) is 0 Å². The summed E-state index contributed by atoms with van der Waals surface area (Å²) in [6, 6.07) is 0. The Morgan fingerprint density at radius 1 is 1.10 bits per heavy atom. The fourth-order valence-corrected chi connectivity index (χ4v) is 0.701. The summed E-state index contributed by atoms with van der Waals surface area (Å²) in [5.41, 5.74) is 0. The van der Waals surface area contributed by atoms with Crippen molar-refractivity contribution >= 4 is 0 Å². The standard InChI is InChI=1S/C6H13FO3/c7-6(4-10)5(3-9)1-2-8/h5-6,8-10H,1-4H2. The minimum absolute atomic E-state index is 0.161. The third-order valence-corrected chi connectivity index (χ3v) is 1.42. The van der Waals surface area contributed by atoms with Gasteiger partial charge in [-0.1, -0.05) is 0 Å². The Hall–Kier alpha value is -0.190. The van der Waals surface area contributed by atoms with Crippen molar-refractivity contribution in [2.45, 2.75) is 12.6 Å². The van der Waals surface area contributed by atoms with Crippen LogP contribution >= 0.6 is 0 Å². The van der Waals surface area contributed by atoms with E-state index >= 15 is 0 Å². The maximum absolute atomic E-state index is 12.5. The minimum Gasteiger partial charge on any atom is -0.396 e. The van der Waals surface area contributed by atoms with Gasteiger partial charge in [-0.2, -0.15) is 0 Å². The summed E-state index contributed by atoms with van der Waals surface area (Å²) in [5.74, 6) is -0.630. The first-order chi connectivity index (χ1) is 4.76. The molecular weight excluding hydrogens is 139 g/mol. The summed E-state index contributed by atoms with van der Waals surface area (Å²) in [6.45, 7) is -1.08. The van der Waals surface area contributed by atoms with Crippen molar-refractivity contribution in [3.63, 3.8) is 0 Å². The number of aliphatic hydroxyl groups excluding tert-OH is 3. The first-order valence-corrected chi connectivity index (χ1v) is 3.22. The molecule has 0 aliphatic carbocycles. The van der Waals surface area contributed by atoms with Gasteiger partial charge < -0.3 is 15.3 Å².